The molecule has 0 aliphatic carbocycles. The van der Waals surface area contributed by atoms with Crippen LogP contribution in [0.1, 0.15) is 42.6 Å². The van der Waals surface area contributed by atoms with Crippen molar-refractivity contribution in [2.75, 3.05) is 6.54 Å². The lowest BCUT2D eigenvalue weighted by Gasteiger charge is -2.19. The van der Waals surface area contributed by atoms with E-state index in [1.165, 1.54) is 23.3 Å². The van der Waals surface area contributed by atoms with Crippen LogP contribution >= 0.6 is 11.8 Å². The quantitative estimate of drug-likeness (QED) is 0.873. The lowest BCUT2D eigenvalue weighted by molar-refractivity contribution is 0.296. The maximum atomic E-state index is 5.38. The van der Waals surface area contributed by atoms with E-state index in [1.54, 1.807) is 11.8 Å². The summed E-state index contributed by atoms with van der Waals surface area (Å²) in [7, 11) is 0. The highest BCUT2D eigenvalue weighted by molar-refractivity contribution is 7.98. The fourth-order valence-corrected chi connectivity index (χ4v) is 3.24. The van der Waals surface area contributed by atoms with E-state index in [4.69, 9.17) is 4.52 Å². The Balaban J connectivity index is 1.59. The highest BCUT2D eigenvalue weighted by Crippen LogP contribution is 2.25. The number of hydrogen-bond donors (Lipinski definition) is 1. The fourth-order valence-electron chi connectivity index (χ4n) is 2.38. The lowest BCUT2D eigenvalue weighted by atomic mass is 10.1. The molecule has 2 aromatic rings. The van der Waals surface area contributed by atoms with E-state index in [9.17, 15) is 0 Å². The molecule has 20 heavy (non-hydrogen) atoms. The molecule has 4 nitrogen and oxygen atoms in total. The summed E-state index contributed by atoms with van der Waals surface area (Å²) < 4.78 is 5.38. The number of benzene rings is 1. The van der Waals surface area contributed by atoms with Gasteiger partial charge in [0.05, 0.1) is 11.8 Å². The van der Waals surface area contributed by atoms with Crippen LogP contribution in [0.3, 0.4) is 0 Å². The molecule has 2 heterocycles. The van der Waals surface area contributed by atoms with Gasteiger partial charge in [-0.1, -0.05) is 29.3 Å². The van der Waals surface area contributed by atoms with E-state index in [0.717, 1.165) is 30.4 Å². The van der Waals surface area contributed by atoms with Gasteiger partial charge in [-0.15, -0.1) is 11.8 Å². The molecule has 3 rings (SSSR count). The van der Waals surface area contributed by atoms with E-state index < -0.39 is 0 Å². The Labute approximate surface area is 123 Å². The number of nitrogens with one attached hydrogen (secondary N) is 1. The molecule has 1 saturated heterocycles. The third-order valence-electron chi connectivity index (χ3n) is 3.45. The van der Waals surface area contributed by atoms with Gasteiger partial charge >= 0.3 is 0 Å². The molecule has 0 amide bonds. The lowest BCUT2D eigenvalue weighted by Crippen LogP contribution is -2.26. The smallest absolute Gasteiger partial charge is 0.243 e. The number of aryl methyl sites for hydroxylation is 1. The number of thioether (sulfide) groups is 1. The van der Waals surface area contributed by atoms with Crippen LogP contribution in [-0.4, -0.2) is 16.7 Å². The molecule has 1 N–H and O–H groups in total. The van der Waals surface area contributed by atoms with Gasteiger partial charge in [0.25, 0.3) is 0 Å². The highest BCUT2D eigenvalue weighted by Gasteiger charge is 2.20. The molecule has 1 aliphatic rings. The molecule has 1 aromatic heterocycles. The van der Waals surface area contributed by atoms with Crippen molar-refractivity contribution >= 4 is 11.8 Å². The van der Waals surface area contributed by atoms with E-state index in [0.29, 0.717) is 0 Å². The molecule has 0 radical (unpaired) electrons. The number of aromatic nitrogens is 2. The second-order valence-electron chi connectivity index (χ2n) is 5.16. The molecule has 1 aliphatic heterocycles. The molecular weight excluding hydrogens is 270 g/mol. The first kappa shape index (κ1) is 13.6. The minimum absolute atomic E-state index is 0.244. The Hall–Kier alpha value is -1.33. The molecule has 0 saturated carbocycles. The van der Waals surface area contributed by atoms with Gasteiger partial charge in [-0.25, -0.2) is 0 Å². The maximum Gasteiger partial charge on any atom is 0.243 e. The zero-order valence-electron chi connectivity index (χ0n) is 11.6. The molecule has 1 atom stereocenters. The van der Waals surface area contributed by atoms with Gasteiger partial charge in [-0.3, -0.25) is 0 Å². The van der Waals surface area contributed by atoms with Crippen LogP contribution in [0.4, 0.5) is 0 Å². The molecule has 1 aromatic carbocycles. The van der Waals surface area contributed by atoms with Crippen molar-refractivity contribution in [2.24, 2.45) is 0 Å². The predicted molar refractivity (Wildman–Crippen MR) is 79.6 cm³/mol. The first-order valence-corrected chi connectivity index (χ1v) is 8.05. The van der Waals surface area contributed by atoms with Gasteiger partial charge in [0.1, 0.15) is 0 Å². The molecule has 0 bridgehead atoms. The third kappa shape index (κ3) is 3.41. The summed E-state index contributed by atoms with van der Waals surface area (Å²) in [5, 5.41) is 7.51. The monoisotopic (exact) mass is 289 g/mol. The summed E-state index contributed by atoms with van der Waals surface area (Å²) in [5.74, 6) is 2.27. The Morgan fingerprint density at radius 3 is 3.15 bits per heavy atom. The number of piperidine rings is 1. The Kier molecular flexibility index (Phi) is 4.38. The Morgan fingerprint density at radius 1 is 1.40 bits per heavy atom. The average molecular weight is 289 g/mol. The summed E-state index contributed by atoms with van der Waals surface area (Å²) in [6.07, 6.45) is 3.56. The van der Waals surface area contributed by atoms with Gasteiger partial charge in [0.15, 0.2) is 5.82 Å². The summed E-state index contributed by atoms with van der Waals surface area (Å²) in [5.41, 5.74) is 1.27. The van der Waals surface area contributed by atoms with Crippen molar-refractivity contribution in [3.8, 4) is 0 Å². The van der Waals surface area contributed by atoms with Crippen LogP contribution in [-0.2, 0) is 5.75 Å². The maximum absolute atomic E-state index is 5.38. The molecule has 0 spiro atoms. The van der Waals surface area contributed by atoms with Crippen LogP contribution in [0.2, 0.25) is 0 Å². The minimum atomic E-state index is 0.244. The first-order valence-electron chi connectivity index (χ1n) is 7.06. The van der Waals surface area contributed by atoms with E-state index in [2.05, 4.69) is 46.6 Å². The van der Waals surface area contributed by atoms with Crippen LogP contribution in [0.15, 0.2) is 33.7 Å². The summed E-state index contributed by atoms with van der Waals surface area (Å²) in [4.78, 5) is 5.75. The molecular formula is C15H19N3OS. The number of nitrogens with zero attached hydrogens (tertiary/aromatic N) is 2. The SMILES string of the molecule is Cc1cccc(SCc2noc([C@H]3CCCCN3)n2)c1. The van der Waals surface area contributed by atoms with Crippen LogP contribution < -0.4 is 5.32 Å². The molecule has 1 fully saturated rings. The van der Waals surface area contributed by atoms with Crippen molar-refractivity contribution in [1.82, 2.24) is 15.5 Å². The highest BCUT2D eigenvalue weighted by atomic mass is 32.2. The molecule has 0 unspecified atom stereocenters. The van der Waals surface area contributed by atoms with Crippen molar-refractivity contribution in [3.05, 3.63) is 41.5 Å². The number of hydrogen-bond acceptors (Lipinski definition) is 5. The van der Waals surface area contributed by atoms with Crippen LogP contribution in [0.25, 0.3) is 0 Å². The third-order valence-corrected chi connectivity index (χ3v) is 4.44. The van der Waals surface area contributed by atoms with Gasteiger partial charge in [-0.05, 0) is 38.4 Å². The molecule has 5 heteroatoms. The standard InChI is InChI=1S/C15H19N3OS/c1-11-5-4-6-12(9-11)20-10-14-17-15(19-18-14)13-7-2-3-8-16-13/h4-6,9,13,16H,2-3,7-8,10H2,1H3/t13-/m1/s1. The Bertz CT molecular complexity index is 564. The van der Waals surface area contributed by atoms with Crippen LogP contribution in [0, 0.1) is 6.92 Å². The zero-order chi connectivity index (χ0) is 13.8. The second-order valence-corrected chi connectivity index (χ2v) is 6.21. The zero-order valence-corrected chi connectivity index (χ0v) is 12.4. The van der Waals surface area contributed by atoms with Crippen molar-refractivity contribution < 1.29 is 4.52 Å². The number of rotatable bonds is 4. The largest absolute Gasteiger partial charge is 0.338 e. The summed E-state index contributed by atoms with van der Waals surface area (Å²) in [6.45, 7) is 3.14. The van der Waals surface area contributed by atoms with Crippen molar-refractivity contribution in [2.45, 2.75) is 42.9 Å². The van der Waals surface area contributed by atoms with Gasteiger partial charge in [0, 0.05) is 4.90 Å². The normalized spacial score (nSPS) is 19.1. The van der Waals surface area contributed by atoms with Gasteiger partial charge in [0.2, 0.25) is 5.89 Å². The van der Waals surface area contributed by atoms with Crippen molar-refractivity contribution in [1.29, 1.82) is 0 Å². The van der Waals surface area contributed by atoms with Gasteiger partial charge in [-0.2, -0.15) is 4.98 Å². The predicted octanol–water partition coefficient (Wildman–Crippen LogP) is 3.48. The molecule has 106 valence electrons. The second kappa shape index (κ2) is 6.41. The summed E-state index contributed by atoms with van der Waals surface area (Å²) >= 11 is 1.74. The topological polar surface area (TPSA) is 51.0 Å². The summed E-state index contributed by atoms with van der Waals surface area (Å²) in [6, 6.07) is 8.71. The minimum Gasteiger partial charge on any atom is -0.338 e. The first-order chi connectivity index (χ1) is 9.81. The van der Waals surface area contributed by atoms with Crippen molar-refractivity contribution in [3.63, 3.8) is 0 Å². The van der Waals surface area contributed by atoms with Gasteiger partial charge < -0.3 is 9.84 Å². The van der Waals surface area contributed by atoms with E-state index in [-0.39, 0.29) is 6.04 Å². The van der Waals surface area contributed by atoms with E-state index in [1.807, 2.05) is 0 Å². The fraction of sp³-hybridized carbons (Fsp3) is 0.467. The average Bonchev–Trinajstić information content (AvgIpc) is 2.95. The van der Waals surface area contributed by atoms with Crippen LogP contribution in [0.5, 0.6) is 0 Å². The Morgan fingerprint density at radius 2 is 2.35 bits per heavy atom. The van der Waals surface area contributed by atoms with E-state index >= 15 is 0 Å².